The largest absolute Gasteiger partial charge is 0.469 e. The molecule has 26 heavy (non-hydrogen) atoms. The fourth-order valence-corrected chi connectivity index (χ4v) is 2.85. The minimum atomic E-state index is -0.921. The minimum Gasteiger partial charge on any atom is -0.469 e. The molecule has 144 valence electrons. The molecule has 1 aromatic carbocycles. The van der Waals surface area contributed by atoms with E-state index >= 15 is 0 Å². The van der Waals surface area contributed by atoms with E-state index in [1.54, 1.807) is 20.1 Å². The third-order valence-electron chi connectivity index (χ3n) is 4.17. The van der Waals surface area contributed by atoms with Crippen molar-refractivity contribution in [1.82, 2.24) is 0 Å². The molecule has 1 atom stereocenters. The van der Waals surface area contributed by atoms with Crippen molar-refractivity contribution in [1.29, 1.82) is 0 Å². The fourth-order valence-electron chi connectivity index (χ4n) is 2.56. The Labute approximate surface area is 160 Å². The van der Waals surface area contributed by atoms with Crippen molar-refractivity contribution >= 4 is 29.5 Å². The lowest BCUT2D eigenvalue weighted by Crippen LogP contribution is -2.35. The first-order valence-electron chi connectivity index (χ1n) is 8.43. The molecule has 0 fully saturated rings. The van der Waals surface area contributed by atoms with Gasteiger partial charge >= 0.3 is 5.97 Å². The van der Waals surface area contributed by atoms with E-state index in [9.17, 15) is 4.79 Å². The molecule has 0 bridgehead atoms. The molecule has 0 aromatic heterocycles. The highest BCUT2D eigenvalue weighted by Crippen LogP contribution is 2.38. The molecule has 0 radical (unpaired) electrons. The lowest BCUT2D eigenvalue weighted by atomic mass is 9.81. The maximum Gasteiger partial charge on any atom is 0.314 e. The molecule has 1 aromatic rings. The zero-order chi connectivity index (χ0) is 19.7. The van der Waals surface area contributed by atoms with Crippen LogP contribution in [-0.2, 0) is 20.1 Å². The summed E-state index contributed by atoms with van der Waals surface area (Å²) in [6.45, 7) is 8.20. The monoisotopic (exact) mass is 381 g/mol. The van der Waals surface area contributed by atoms with Crippen LogP contribution >= 0.6 is 11.6 Å². The Morgan fingerprint density at radius 3 is 2.65 bits per heavy atom. The number of carbonyl (C=O) groups excluding carboxylic acids is 1. The Hall–Kier alpha value is -1.92. The third kappa shape index (κ3) is 5.54. The van der Waals surface area contributed by atoms with Gasteiger partial charge < -0.3 is 15.3 Å². The lowest BCUT2D eigenvalue weighted by Gasteiger charge is -2.32. The first-order valence-corrected chi connectivity index (χ1v) is 8.97. The van der Waals surface area contributed by atoms with Gasteiger partial charge in [0.1, 0.15) is 5.71 Å². The fraction of sp³-hybridized carbons (Fsp3) is 0.526. The molecule has 0 spiro atoms. The highest BCUT2D eigenvalue weighted by molar-refractivity contribution is 6.31. The Kier molecular flexibility index (Phi) is 8.75. The average molecular weight is 382 g/mol. The smallest absolute Gasteiger partial charge is 0.314 e. The van der Waals surface area contributed by atoms with Crippen LogP contribution in [0.3, 0.4) is 0 Å². The van der Waals surface area contributed by atoms with Crippen molar-refractivity contribution in [2.24, 2.45) is 21.4 Å². The van der Waals surface area contributed by atoms with Crippen molar-refractivity contribution in [2.45, 2.75) is 39.7 Å². The topological polar surface area (TPSA) is 86.3 Å². The van der Waals surface area contributed by atoms with Crippen LogP contribution in [0.5, 0.6) is 0 Å². The van der Waals surface area contributed by atoms with E-state index in [0.29, 0.717) is 18.1 Å². The molecule has 0 aliphatic heterocycles. The molecule has 6 nitrogen and oxygen atoms in total. The summed E-state index contributed by atoms with van der Waals surface area (Å²) in [4.78, 5) is 16.5. The van der Waals surface area contributed by atoms with E-state index < -0.39 is 11.5 Å². The van der Waals surface area contributed by atoms with Gasteiger partial charge in [0.2, 0.25) is 0 Å². The van der Waals surface area contributed by atoms with Gasteiger partial charge in [-0.1, -0.05) is 18.2 Å². The number of methoxy groups -OCH3 is 1. The summed E-state index contributed by atoms with van der Waals surface area (Å²) in [5.41, 5.74) is 2.47. The number of hydrogen-bond donors (Lipinski definition) is 1. The number of aliphatic imine (C=N–C) groups is 1. The zero-order valence-electron chi connectivity index (χ0n) is 16.1. The molecule has 1 rings (SSSR count). The number of hydrogen-bond acceptors (Lipinski definition) is 6. The van der Waals surface area contributed by atoms with Crippen molar-refractivity contribution in [3.05, 3.63) is 34.9 Å². The van der Waals surface area contributed by atoms with Gasteiger partial charge in [0.25, 0.3) is 0 Å². The predicted molar refractivity (Wildman–Crippen MR) is 106 cm³/mol. The Morgan fingerprint density at radius 1 is 1.42 bits per heavy atom. The summed E-state index contributed by atoms with van der Waals surface area (Å²) in [7, 11) is 1.36. The van der Waals surface area contributed by atoms with E-state index in [0.717, 1.165) is 16.7 Å². The molecule has 0 aliphatic carbocycles. The second-order valence-corrected chi connectivity index (χ2v) is 6.74. The Bertz CT molecular complexity index is 672. The maximum absolute atomic E-state index is 12.3. The molecule has 0 saturated heterocycles. The number of benzene rings is 1. The highest BCUT2D eigenvalue weighted by Gasteiger charge is 2.40. The summed E-state index contributed by atoms with van der Waals surface area (Å²) in [6, 6.07) is 5.85. The lowest BCUT2D eigenvalue weighted by molar-refractivity contribution is -0.160. The van der Waals surface area contributed by atoms with E-state index in [2.05, 4.69) is 10.1 Å². The first-order chi connectivity index (χ1) is 12.3. The summed E-state index contributed by atoms with van der Waals surface area (Å²) >= 11 is 6.03. The molecule has 0 heterocycles. The second-order valence-electron chi connectivity index (χ2n) is 6.47. The van der Waals surface area contributed by atoms with Crippen LogP contribution in [0, 0.1) is 12.3 Å². The van der Waals surface area contributed by atoms with Crippen LogP contribution in [0.1, 0.15) is 43.6 Å². The summed E-state index contributed by atoms with van der Waals surface area (Å²) < 4.78 is 11.0. The van der Waals surface area contributed by atoms with Crippen molar-refractivity contribution < 1.29 is 14.3 Å². The Balaban J connectivity index is 3.23. The van der Waals surface area contributed by atoms with Crippen molar-refractivity contribution in [2.75, 3.05) is 20.3 Å². The number of hydrazone groups is 1. The molecule has 0 aliphatic rings. The van der Waals surface area contributed by atoms with Crippen LogP contribution in [-0.4, -0.2) is 38.2 Å². The molecular weight excluding hydrogens is 354 g/mol. The van der Waals surface area contributed by atoms with Gasteiger partial charge in [0, 0.05) is 18.6 Å². The number of halogens is 1. The maximum atomic E-state index is 12.3. The third-order valence-corrected chi connectivity index (χ3v) is 4.46. The number of carbonyl (C=O) groups is 1. The van der Waals surface area contributed by atoms with Gasteiger partial charge in [0.15, 0.2) is 0 Å². The van der Waals surface area contributed by atoms with Gasteiger partial charge in [0.05, 0.1) is 25.2 Å². The number of nitrogens with two attached hydrogens (primary N) is 1. The second kappa shape index (κ2) is 10.3. The van der Waals surface area contributed by atoms with Gasteiger partial charge in [-0.3, -0.25) is 9.79 Å². The number of esters is 1. The van der Waals surface area contributed by atoms with Crippen LogP contribution in [0.2, 0.25) is 0 Å². The average Bonchev–Trinajstić information content (AvgIpc) is 2.64. The van der Waals surface area contributed by atoms with Crippen LogP contribution < -0.4 is 5.84 Å². The SMILES string of the molecule is CCN=CC(COC(c1ccc(C)c(CCl)c1)C(C)(C)C(=O)OC)=NN. The molecular formula is C19H28ClN3O3. The van der Waals surface area contributed by atoms with Crippen molar-refractivity contribution in [3.63, 3.8) is 0 Å². The standard InChI is InChI=1S/C19H28ClN3O3/c1-6-22-11-16(23-21)12-26-17(19(3,4)18(24)25-5)14-8-7-13(2)15(9-14)10-20/h7-9,11,17H,6,10,12,21H2,1-5H3. The van der Waals surface area contributed by atoms with Gasteiger partial charge in [-0.25, -0.2) is 0 Å². The normalized spacial score (nSPS) is 13.8. The van der Waals surface area contributed by atoms with E-state index in [4.69, 9.17) is 26.9 Å². The summed E-state index contributed by atoms with van der Waals surface area (Å²) in [5.74, 6) is 5.41. The molecule has 0 saturated carbocycles. The van der Waals surface area contributed by atoms with Crippen LogP contribution in [0.25, 0.3) is 0 Å². The zero-order valence-corrected chi connectivity index (χ0v) is 16.8. The van der Waals surface area contributed by atoms with Crippen molar-refractivity contribution in [3.8, 4) is 0 Å². The van der Waals surface area contributed by atoms with Gasteiger partial charge in [-0.05, 0) is 44.4 Å². The predicted octanol–water partition coefficient (Wildman–Crippen LogP) is 3.40. The highest BCUT2D eigenvalue weighted by atomic mass is 35.5. The number of nitrogens with zero attached hydrogens (tertiary/aromatic N) is 2. The van der Waals surface area contributed by atoms with Crippen LogP contribution in [0.4, 0.5) is 0 Å². The van der Waals surface area contributed by atoms with E-state index in [1.807, 2.05) is 32.0 Å². The van der Waals surface area contributed by atoms with Gasteiger partial charge in [-0.15, -0.1) is 11.6 Å². The summed E-state index contributed by atoms with van der Waals surface area (Å²) in [6.07, 6.45) is 1.01. The van der Waals surface area contributed by atoms with E-state index in [1.165, 1.54) is 7.11 Å². The molecule has 7 heteroatoms. The number of aryl methyl sites for hydroxylation is 1. The quantitative estimate of drug-likeness (QED) is 0.233. The Morgan fingerprint density at radius 2 is 2.12 bits per heavy atom. The number of alkyl halides is 1. The summed E-state index contributed by atoms with van der Waals surface area (Å²) in [5, 5.41) is 3.69. The van der Waals surface area contributed by atoms with Gasteiger partial charge in [-0.2, -0.15) is 5.10 Å². The van der Waals surface area contributed by atoms with E-state index in [-0.39, 0.29) is 12.6 Å². The number of rotatable bonds is 9. The molecule has 2 N–H and O–H groups in total. The minimum absolute atomic E-state index is 0.120. The molecule has 1 unspecified atom stereocenters. The number of ether oxygens (including phenoxy) is 2. The van der Waals surface area contributed by atoms with Crippen LogP contribution in [0.15, 0.2) is 28.3 Å². The first kappa shape index (κ1) is 22.1. The molecule has 0 amide bonds.